The third-order valence-corrected chi connectivity index (χ3v) is 6.16. The van der Waals surface area contributed by atoms with Crippen molar-refractivity contribution in [2.75, 3.05) is 0 Å². The molecule has 0 bridgehead atoms. The molecule has 0 spiro atoms. The number of benzene rings is 3. The molecule has 3 aromatic carbocycles. The van der Waals surface area contributed by atoms with Crippen molar-refractivity contribution in [3.8, 4) is 22.7 Å². The van der Waals surface area contributed by atoms with Crippen LogP contribution in [0.1, 0.15) is 43.4 Å². The molecule has 2 amide bonds. The average molecular weight is 459 g/mol. The number of hydrogen-bond acceptors (Lipinski definition) is 5. The zero-order chi connectivity index (χ0) is 23.1. The van der Waals surface area contributed by atoms with Gasteiger partial charge in [0.15, 0.2) is 5.69 Å². The van der Waals surface area contributed by atoms with Gasteiger partial charge in [-0.3, -0.25) is 14.9 Å². The number of alkyl halides is 1. The van der Waals surface area contributed by atoms with Gasteiger partial charge in [0.1, 0.15) is 5.75 Å². The van der Waals surface area contributed by atoms with E-state index in [0.29, 0.717) is 22.5 Å². The number of nitrogens with zero attached hydrogens (tertiary/aromatic N) is 2. The molecule has 8 heteroatoms. The Morgan fingerprint density at radius 1 is 0.939 bits per heavy atom. The molecule has 0 saturated heterocycles. The third-order valence-electron chi connectivity index (χ3n) is 5.66. The number of carbonyl (C=O) groups is 2. The summed E-state index contributed by atoms with van der Waals surface area (Å²) in [5.74, 6) is -1.11. The lowest BCUT2D eigenvalue weighted by atomic mass is 9.85. The minimum Gasteiger partial charge on any atom is -0.508 e. The van der Waals surface area contributed by atoms with Gasteiger partial charge in [0.05, 0.1) is 22.8 Å². The molecule has 1 aliphatic carbocycles. The van der Waals surface area contributed by atoms with Crippen molar-refractivity contribution in [1.29, 1.82) is 0 Å². The van der Waals surface area contributed by atoms with E-state index in [1.165, 1.54) is 12.1 Å². The van der Waals surface area contributed by atoms with E-state index in [1.807, 2.05) is 24.3 Å². The maximum atomic E-state index is 13.2. The van der Waals surface area contributed by atoms with Crippen molar-refractivity contribution in [2.45, 2.75) is 11.4 Å². The molecule has 0 aliphatic heterocycles. The SMILES string of the molecule is NC1c2c(C(=O)NC(=O)c3ccccc3)nn(-c3ccc(O)cc3)c2-c2ccccc2C1Cl. The summed E-state index contributed by atoms with van der Waals surface area (Å²) in [7, 11) is 0. The molecule has 5 rings (SSSR count). The third kappa shape index (κ3) is 3.57. The van der Waals surface area contributed by atoms with E-state index in [4.69, 9.17) is 17.3 Å². The van der Waals surface area contributed by atoms with Gasteiger partial charge in [-0.05, 0) is 42.0 Å². The Balaban J connectivity index is 1.66. The van der Waals surface area contributed by atoms with Gasteiger partial charge in [0, 0.05) is 16.7 Å². The molecule has 2 unspecified atom stereocenters. The van der Waals surface area contributed by atoms with Crippen molar-refractivity contribution in [1.82, 2.24) is 15.1 Å². The average Bonchev–Trinajstić information content (AvgIpc) is 3.24. The van der Waals surface area contributed by atoms with Gasteiger partial charge < -0.3 is 10.8 Å². The smallest absolute Gasteiger partial charge is 0.278 e. The van der Waals surface area contributed by atoms with E-state index in [0.717, 1.165) is 11.1 Å². The second kappa shape index (κ2) is 8.20. The number of nitrogens with one attached hydrogen (secondary N) is 1. The minimum atomic E-state index is -0.727. The Labute approximate surface area is 194 Å². The molecule has 33 heavy (non-hydrogen) atoms. The van der Waals surface area contributed by atoms with Crippen LogP contribution in [-0.4, -0.2) is 26.7 Å². The van der Waals surface area contributed by atoms with Crippen LogP contribution in [0.5, 0.6) is 5.75 Å². The molecule has 7 nitrogen and oxygen atoms in total. The Kier molecular flexibility index (Phi) is 5.20. The molecule has 1 heterocycles. The molecule has 1 aromatic heterocycles. The van der Waals surface area contributed by atoms with Crippen LogP contribution in [0.3, 0.4) is 0 Å². The largest absolute Gasteiger partial charge is 0.508 e. The van der Waals surface area contributed by atoms with E-state index in [-0.39, 0.29) is 11.4 Å². The second-order valence-electron chi connectivity index (χ2n) is 7.70. The van der Waals surface area contributed by atoms with Gasteiger partial charge in [-0.1, -0.05) is 42.5 Å². The quantitative estimate of drug-likeness (QED) is 0.316. The highest BCUT2D eigenvalue weighted by Crippen LogP contribution is 2.48. The summed E-state index contributed by atoms with van der Waals surface area (Å²) in [5, 5.41) is 16.1. The Morgan fingerprint density at radius 2 is 1.61 bits per heavy atom. The van der Waals surface area contributed by atoms with Crippen LogP contribution in [0.2, 0.25) is 0 Å². The maximum Gasteiger partial charge on any atom is 0.278 e. The lowest BCUT2D eigenvalue weighted by Crippen LogP contribution is -2.33. The number of imide groups is 1. The number of halogens is 1. The topological polar surface area (TPSA) is 110 Å². The first-order valence-electron chi connectivity index (χ1n) is 10.3. The van der Waals surface area contributed by atoms with Crippen molar-refractivity contribution in [3.63, 3.8) is 0 Å². The molecule has 0 radical (unpaired) electrons. The summed E-state index contributed by atoms with van der Waals surface area (Å²) >= 11 is 6.69. The lowest BCUT2D eigenvalue weighted by molar-refractivity contribution is 0.0845. The van der Waals surface area contributed by atoms with Gasteiger partial charge in [-0.2, -0.15) is 5.10 Å². The minimum absolute atomic E-state index is 0.0232. The summed E-state index contributed by atoms with van der Waals surface area (Å²) in [4.78, 5) is 25.8. The van der Waals surface area contributed by atoms with E-state index in [1.54, 1.807) is 47.1 Å². The highest BCUT2D eigenvalue weighted by molar-refractivity contribution is 6.22. The van der Waals surface area contributed by atoms with Crippen LogP contribution in [0.25, 0.3) is 16.9 Å². The molecule has 4 aromatic rings. The number of carbonyl (C=O) groups excluding carboxylic acids is 2. The fraction of sp³-hybridized carbons (Fsp3) is 0.0800. The number of hydrogen-bond donors (Lipinski definition) is 3. The highest BCUT2D eigenvalue weighted by Gasteiger charge is 2.38. The fourth-order valence-electron chi connectivity index (χ4n) is 4.07. The second-order valence-corrected chi connectivity index (χ2v) is 8.17. The van der Waals surface area contributed by atoms with E-state index in [2.05, 4.69) is 10.4 Å². The Morgan fingerprint density at radius 3 is 2.33 bits per heavy atom. The molecule has 164 valence electrons. The number of aromatic nitrogens is 2. The first-order chi connectivity index (χ1) is 16.0. The number of phenolic OH excluding ortho intramolecular Hbond substituents is 1. The predicted molar refractivity (Wildman–Crippen MR) is 124 cm³/mol. The van der Waals surface area contributed by atoms with Gasteiger partial charge in [-0.25, -0.2) is 4.68 Å². The van der Waals surface area contributed by atoms with Crippen molar-refractivity contribution in [2.24, 2.45) is 5.73 Å². The van der Waals surface area contributed by atoms with Gasteiger partial charge in [-0.15, -0.1) is 11.6 Å². The van der Waals surface area contributed by atoms with Crippen molar-refractivity contribution < 1.29 is 14.7 Å². The Hall–Kier alpha value is -3.94. The maximum absolute atomic E-state index is 13.2. The number of fused-ring (bicyclic) bond motifs is 3. The summed E-state index contributed by atoms with van der Waals surface area (Å²) in [6, 6.07) is 21.7. The predicted octanol–water partition coefficient (Wildman–Crippen LogP) is 4.11. The summed E-state index contributed by atoms with van der Waals surface area (Å²) in [6.07, 6.45) is 0. The van der Waals surface area contributed by atoms with Crippen LogP contribution < -0.4 is 11.1 Å². The van der Waals surface area contributed by atoms with Gasteiger partial charge in [0.2, 0.25) is 0 Å². The molecule has 2 atom stereocenters. The van der Waals surface area contributed by atoms with Crippen molar-refractivity contribution in [3.05, 3.63) is 101 Å². The van der Waals surface area contributed by atoms with Crippen LogP contribution >= 0.6 is 11.6 Å². The zero-order valence-corrected chi connectivity index (χ0v) is 18.0. The first-order valence-corrected chi connectivity index (χ1v) is 10.7. The van der Waals surface area contributed by atoms with Gasteiger partial charge >= 0.3 is 0 Å². The Bertz CT molecular complexity index is 1370. The summed E-state index contributed by atoms with van der Waals surface area (Å²) in [5.41, 5.74) is 10.2. The van der Waals surface area contributed by atoms with Gasteiger partial charge in [0.25, 0.3) is 11.8 Å². The van der Waals surface area contributed by atoms with E-state index < -0.39 is 23.2 Å². The normalized spacial score (nSPS) is 16.5. The molecule has 1 aliphatic rings. The van der Waals surface area contributed by atoms with Crippen LogP contribution in [0.15, 0.2) is 78.9 Å². The highest BCUT2D eigenvalue weighted by atomic mass is 35.5. The molecular formula is C25H19ClN4O3. The summed E-state index contributed by atoms with van der Waals surface area (Å²) < 4.78 is 1.60. The lowest BCUT2D eigenvalue weighted by Gasteiger charge is -2.28. The number of nitrogens with two attached hydrogens (primary N) is 1. The van der Waals surface area contributed by atoms with Crippen molar-refractivity contribution >= 4 is 23.4 Å². The number of aromatic hydroxyl groups is 1. The van der Waals surface area contributed by atoms with Crippen LogP contribution in [0.4, 0.5) is 0 Å². The standard InChI is InChI=1S/C25H19ClN4O3/c26-20-17-8-4-5-9-18(17)23-19(21(20)27)22(29-30(23)15-10-12-16(31)13-11-15)25(33)28-24(32)14-6-2-1-3-7-14/h1-13,20-21,31H,27H2,(H,28,32,33). The molecule has 0 fully saturated rings. The zero-order valence-electron chi connectivity index (χ0n) is 17.3. The molecular weight excluding hydrogens is 440 g/mol. The van der Waals surface area contributed by atoms with Crippen LogP contribution in [0, 0.1) is 0 Å². The van der Waals surface area contributed by atoms with E-state index in [9.17, 15) is 14.7 Å². The summed E-state index contributed by atoms with van der Waals surface area (Å²) in [6.45, 7) is 0. The number of rotatable bonds is 3. The monoisotopic (exact) mass is 458 g/mol. The molecule has 4 N–H and O–H groups in total. The van der Waals surface area contributed by atoms with Crippen LogP contribution in [-0.2, 0) is 0 Å². The first kappa shape index (κ1) is 20.9. The number of phenols is 1. The number of amides is 2. The van der Waals surface area contributed by atoms with E-state index >= 15 is 0 Å². The molecule has 0 saturated carbocycles. The fourth-order valence-corrected chi connectivity index (χ4v) is 4.39.